The van der Waals surface area contributed by atoms with Crippen molar-refractivity contribution in [2.75, 3.05) is 0 Å². The molecule has 0 amide bonds. The summed E-state index contributed by atoms with van der Waals surface area (Å²) in [6.07, 6.45) is -0.348. The molecule has 0 fully saturated rings. The van der Waals surface area contributed by atoms with Gasteiger partial charge in [-0.25, -0.2) is 9.98 Å². The van der Waals surface area contributed by atoms with Gasteiger partial charge in [0.25, 0.3) is 0 Å². The van der Waals surface area contributed by atoms with Crippen LogP contribution in [0.15, 0.2) is 170 Å². The third-order valence-corrected chi connectivity index (χ3v) is 11.2. The molecule has 1 N–H and O–H groups in total. The van der Waals surface area contributed by atoms with E-state index in [4.69, 9.17) is 18.8 Å². The molecule has 0 bridgehead atoms. The van der Waals surface area contributed by atoms with Gasteiger partial charge in [-0.1, -0.05) is 127 Å². The Morgan fingerprint density at radius 1 is 0.510 bits per heavy atom. The summed E-state index contributed by atoms with van der Waals surface area (Å²) in [5.41, 5.74) is 8.81. The van der Waals surface area contributed by atoms with Crippen molar-refractivity contribution in [3.63, 3.8) is 0 Å². The van der Waals surface area contributed by atoms with Crippen LogP contribution in [0.3, 0.4) is 0 Å². The first-order valence-electron chi connectivity index (χ1n) is 17.0. The standard InChI is InChI=1S/C45H27N3O2S/c1-2-10-26(11-3-1)43-46-44(27-20-22-31-29-12-4-6-18-37(29)49-39(31)24-27)48-45(47-43)28-21-23-32-35-16-9-17-36(42(35)51-40(32)25-28)34-15-8-14-33-30-13-5-7-19-38(30)50-41(33)34/h1-25,44H,(H,46,47,48). The Labute approximate surface area is 295 Å². The van der Waals surface area contributed by atoms with Crippen LogP contribution in [-0.2, 0) is 0 Å². The van der Waals surface area contributed by atoms with Crippen molar-refractivity contribution in [1.82, 2.24) is 5.32 Å². The summed E-state index contributed by atoms with van der Waals surface area (Å²) in [4.78, 5) is 10.3. The van der Waals surface area contributed by atoms with E-state index in [2.05, 4.69) is 108 Å². The van der Waals surface area contributed by atoms with Crippen molar-refractivity contribution in [2.24, 2.45) is 9.98 Å². The zero-order valence-corrected chi connectivity index (χ0v) is 27.9. The summed E-state index contributed by atoms with van der Waals surface area (Å²) in [6, 6.07) is 52.6. The molecule has 51 heavy (non-hydrogen) atoms. The van der Waals surface area contributed by atoms with E-state index in [-0.39, 0.29) is 6.17 Å². The van der Waals surface area contributed by atoms with E-state index in [1.54, 1.807) is 11.3 Å². The predicted octanol–water partition coefficient (Wildman–Crippen LogP) is 12.0. The number of thiophene rings is 1. The summed E-state index contributed by atoms with van der Waals surface area (Å²) in [5.74, 6) is 1.47. The summed E-state index contributed by atoms with van der Waals surface area (Å²) < 4.78 is 15.1. The number of amidine groups is 2. The lowest BCUT2D eigenvalue weighted by Crippen LogP contribution is -2.33. The fourth-order valence-electron chi connectivity index (χ4n) is 7.51. The van der Waals surface area contributed by atoms with Crippen molar-refractivity contribution >= 4 is 87.1 Å². The first-order valence-corrected chi connectivity index (χ1v) is 17.8. The number of hydrogen-bond acceptors (Lipinski definition) is 6. The van der Waals surface area contributed by atoms with E-state index in [1.165, 1.54) is 25.7 Å². The highest BCUT2D eigenvalue weighted by molar-refractivity contribution is 7.26. The van der Waals surface area contributed by atoms with Crippen molar-refractivity contribution in [3.05, 3.63) is 168 Å². The second kappa shape index (κ2) is 11.0. The molecule has 11 rings (SSSR count). The maximum Gasteiger partial charge on any atom is 0.159 e. The highest BCUT2D eigenvalue weighted by atomic mass is 32.1. The number of rotatable bonds is 4. The van der Waals surface area contributed by atoms with Crippen LogP contribution < -0.4 is 5.32 Å². The van der Waals surface area contributed by atoms with Crippen LogP contribution in [0, 0.1) is 0 Å². The molecule has 0 aliphatic carbocycles. The predicted molar refractivity (Wildman–Crippen MR) is 211 cm³/mol. The average Bonchev–Trinajstić information content (AvgIpc) is 3.88. The molecule has 0 saturated carbocycles. The van der Waals surface area contributed by atoms with E-state index >= 15 is 0 Å². The number of nitrogens with one attached hydrogen (secondary N) is 1. The first kappa shape index (κ1) is 28.3. The van der Waals surface area contributed by atoms with Crippen molar-refractivity contribution in [2.45, 2.75) is 6.17 Å². The molecular weight excluding hydrogens is 647 g/mol. The maximum atomic E-state index is 6.45. The van der Waals surface area contributed by atoms with Crippen LogP contribution in [0.5, 0.6) is 0 Å². The van der Waals surface area contributed by atoms with Crippen LogP contribution in [0.25, 0.3) is 75.2 Å². The van der Waals surface area contributed by atoms with Gasteiger partial charge in [-0.2, -0.15) is 0 Å². The van der Waals surface area contributed by atoms with Gasteiger partial charge < -0.3 is 14.2 Å². The van der Waals surface area contributed by atoms with E-state index in [9.17, 15) is 0 Å². The number of para-hydroxylation sites is 3. The normalized spacial score (nSPS) is 14.9. The lowest BCUT2D eigenvalue weighted by atomic mass is 10.00. The molecule has 7 aromatic carbocycles. The fraction of sp³-hybridized carbons (Fsp3) is 0.0222. The summed E-state index contributed by atoms with van der Waals surface area (Å²) in [7, 11) is 0. The van der Waals surface area contributed by atoms with Gasteiger partial charge in [0, 0.05) is 69.5 Å². The zero-order valence-electron chi connectivity index (χ0n) is 27.1. The Hall–Kier alpha value is -6.50. The van der Waals surface area contributed by atoms with Crippen LogP contribution in [0.4, 0.5) is 0 Å². The van der Waals surface area contributed by atoms with Gasteiger partial charge >= 0.3 is 0 Å². The van der Waals surface area contributed by atoms with Gasteiger partial charge in [0.15, 0.2) is 5.84 Å². The fourth-order valence-corrected chi connectivity index (χ4v) is 8.78. The molecule has 1 aliphatic rings. The summed E-state index contributed by atoms with van der Waals surface area (Å²) >= 11 is 1.80. The van der Waals surface area contributed by atoms with Crippen molar-refractivity contribution in [3.8, 4) is 11.1 Å². The van der Waals surface area contributed by atoms with Crippen molar-refractivity contribution < 1.29 is 8.83 Å². The first-order chi connectivity index (χ1) is 25.2. The molecule has 4 heterocycles. The van der Waals surface area contributed by atoms with E-state index in [0.717, 1.165) is 72.0 Å². The lowest BCUT2D eigenvalue weighted by Gasteiger charge is -2.23. The van der Waals surface area contributed by atoms with Gasteiger partial charge in [-0.3, -0.25) is 0 Å². The number of aliphatic imine (C=N–C) groups is 2. The largest absolute Gasteiger partial charge is 0.456 e. The zero-order chi connectivity index (χ0) is 33.5. The second-order valence-electron chi connectivity index (χ2n) is 13.0. The maximum absolute atomic E-state index is 6.45. The van der Waals surface area contributed by atoms with Crippen LogP contribution >= 0.6 is 11.3 Å². The number of furan rings is 2. The summed E-state index contributed by atoms with van der Waals surface area (Å²) in [5, 5.41) is 10.5. The molecule has 0 saturated heterocycles. The minimum atomic E-state index is -0.348. The molecule has 3 aromatic heterocycles. The Morgan fingerprint density at radius 3 is 2.06 bits per heavy atom. The number of hydrogen-bond donors (Lipinski definition) is 1. The number of nitrogens with zero attached hydrogens (tertiary/aromatic N) is 2. The molecule has 1 aliphatic heterocycles. The Morgan fingerprint density at radius 2 is 1.20 bits per heavy atom. The Bertz CT molecular complexity index is 3070. The average molecular weight is 674 g/mol. The Balaban J connectivity index is 1.05. The SMILES string of the molecule is c1ccc(C2=NC(c3ccc4c(c3)sc3c(-c5cccc6c5oc5ccccc56)cccc34)=NC(c3ccc4c(c3)oc3ccccc34)N2)cc1. The van der Waals surface area contributed by atoms with Gasteiger partial charge in [-0.05, 0) is 24.3 Å². The lowest BCUT2D eigenvalue weighted by molar-refractivity contribution is 0.655. The molecular formula is C45H27N3O2S. The number of fused-ring (bicyclic) bond motifs is 9. The number of benzene rings is 7. The summed E-state index contributed by atoms with van der Waals surface area (Å²) in [6.45, 7) is 0. The van der Waals surface area contributed by atoms with Gasteiger partial charge in [-0.15, -0.1) is 11.3 Å². The third kappa shape index (κ3) is 4.47. The van der Waals surface area contributed by atoms with Gasteiger partial charge in [0.05, 0.1) is 0 Å². The van der Waals surface area contributed by atoms with Crippen LogP contribution in [0.2, 0.25) is 0 Å². The van der Waals surface area contributed by atoms with E-state index in [1.807, 2.05) is 48.5 Å². The van der Waals surface area contributed by atoms with Gasteiger partial charge in [0.1, 0.15) is 34.3 Å². The van der Waals surface area contributed by atoms with Crippen LogP contribution in [0.1, 0.15) is 22.9 Å². The van der Waals surface area contributed by atoms with E-state index in [0.29, 0.717) is 5.84 Å². The monoisotopic (exact) mass is 673 g/mol. The van der Waals surface area contributed by atoms with Gasteiger partial charge in [0.2, 0.25) is 0 Å². The minimum Gasteiger partial charge on any atom is -0.456 e. The molecule has 0 radical (unpaired) electrons. The van der Waals surface area contributed by atoms with Crippen LogP contribution in [-0.4, -0.2) is 11.7 Å². The molecule has 1 atom stereocenters. The second-order valence-corrected chi connectivity index (χ2v) is 14.0. The molecule has 10 aromatic rings. The molecule has 6 heteroatoms. The third-order valence-electron chi connectivity index (χ3n) is 9.96. The minimum absolute atomic E-state index is 0.348. The molecule has 5 nitrogen and oxygen atoms in total. The smallest absolute Gasteiger partial charge is 0.159 e. The Kier molecular flexibility index (Phi) is 6.12. The van der Waals surface area contributed by atoms with Crippen molar-refractivity contribution in [1.29, 1.82) is 0 Å². The highest BCUT2D eigenvalue weighted by Crippen LogP contribution is 2.44. The molecule has 0 spiro atoms. The molecule has 1 unspecified atom stereocenters. The quantitative estimate of drug-likeness (QED) is 0.202. The van der Waals surface area contributed by atoms with E-state index < -0.39 is 0 Å². The topological polar surface area (TPSA) is 63.0 Å². The molecule has 240 valence electrons. The highest BCUT2D eigenvalue weighted by Gasteiger charge is 2.23.